The number of nitrogens with zero attached hydrogens (tertiary/aromatic N) is 1. The maximum absolute atomic E-state index is 10.0. The van der Waals surface area contributed by atoms with Crippen molar-refractivity contribution >= 4 is 0 Å². The van der Waals surface area contributed by atoms with Gasteiger partial charge in [0.05, 0.1) is 5.60 Å². The molecule has 80 valence electrons. The van der Waals surface area contributed by atoms with Crippen molar-refractivity contribution in [3.8, 4) is 0 Å². The van der Waals surface area contributed by atoms with Crippen LogP contribution < -0.4 is 0 Å². The summed E-state index contributed by atoms with van der Waals surface area (Å²) >= 11 is 0. The molecule has 1 aliphatic heterocycles. The van der Waals surface area contributed by atoms with Crippen LogP contribution in [0.2, 0.25) is 0 Å². The van der Waals surface area contributed by atoms with E-state index < -0.39 is 0 Å². The van der Waals surface area contributed by atoms with Gasteiger partial charge in [-0.25, -0.2) is 0 Å². The maximum atomic E-state index is 10.0. The van der Waals surface area contributed by atoms with Crippen LogP contribution in [0.1, 0.15) is 39.0 Å². The molecule has 1 unspecified atom stereocenters. The third-order valence-electron chi connectivity index (χ3n) is 3.41. The summed E-state index contributed by atoms with van der Waals surface area (Å²) in [6, 6.07) is 0.612. The number of likely N-dealkylation sites (tertiary alicyclic amines) is 1. The molecular formula is C12H21NO. The van der Waals surface area contributed by atoms with E-state index in [4.69, 9.17) is 0 Å². The summed E-state index contributed by atoms with van der Waals surface area (Å²) in [5, 5.41) is 10.0. The zero-order chi connectivity index (χ0) is 10.0. The summed E-state index contributed by atoms with van der Waals surface area (Å²) in [4.78, 5) is 2.41. The third kappa shape index (κ3) is 2.01. The molecule has 1 atom stereocenters. The summed E-state index contributed by atoms with van der Waals surface area (Å²) in [7, 11) is 0. The Hall–Kier alpha value is -0.340. The van der Waals surface area contributed by atoms with Gasteiger partial charge in [0.2, 0.25) is 0 Å². The highest BCUT2D eigenvalue weighted by atomic mass is 16.3. The second kappa shape index (κ2) is 4.03. The van der Waals surface area contributed by atoms with Crippen molar-refractivity contribution in [2.75, 3.05) is 13.1 Å². The Bertz CT molecular complexity index is 218. The predicted octanol–water partition coefficient (Wildman–Crippen LogP) is 1.94. The van der Waals surface area contributed by atoms with Crippen LogP contribution in [-0.4, -0.2) is 34.7 Å². The smallest absolute Gasteiger partial charge is 0.0900 e. The average molecular weight is 195 g/mol. The first-order valence-electron chi connectivity index (χ1n) is 5.87. The highest BCUT2D eigenvalue weighted by Gasteiger charge is 2.42. The molecule has 2 rings (SSSR count). The zero-order valence-corrected chi connectivity index (χ0v) is 9.08. The lowest BCUT2D eigenvalue weighted by Crippen LogP contribution is -2.64. The standard InChI is InChI=1S/C12H21NO/c1-2-8-12(14)9-13(10-12)11-6-4-3-5-7-11/h4,6,11,14H,2-3,5,7-10H2,1H3. The molecule has 0 radical (unpaired) electrons. The molecule has 1 saturated heterocycles. The molecule has 0 saturated carbocycles. The van der Waals surface area contributed by atoms with Gasteiger partial charge in [-0.1, -0.05) is 25.5 Å². The molecular weight excluding hydrogens is 174 g/mol. The molecule has 0 amide bonds. The highest BCUT2D eigenvalue weighted by Crippen LogP contribution is 2.30. The molecule has 1 fully saturated rings. The van der Waals surface area contributed by atoms with E-state index in [9.17, 15) is 5.11 Å². The van der Waals surface area contributed by atoms with E-state index in [2.05, 4.69) is 24.0 Å². The van der Waals surface area contributed by atoms with E-state index in [-0.39, 0.29) is 5.60 Å². The summed E-state index contributed by atoms with van der Waals surface area (Å²) in [6.45, 7) is 3.91. The second-order valence-electron chi connectivity index (χ2n) is 4.81. The number of allylic oxidation sites excluding steroid dienone is 1. The van der Waals surface area contributed by atoms with Gasteiger partial charge in [0.15, 0.2) is 0 Å². The van der Waals surface area contributed by atoms with Gasteiger partial charge in [-0.2, -0.15) is 0 Å². The van der Waals surface area contributed by atoms with Gasteiger partial charge in [-0.3, -0.25) is 4.90 Å². The average Bonchev–Trinajstić information content (AvgIpc) is 2.16. The molecule has 1 aliphatic carbocycles. The first-order valence-corrected chi connectivity index (χ1v) is 5.87. The predicted molar refractivity (Wildman–Crippen MR) is 58.2 cm³/mol. The third-order valence-corrected chi connectivity index (χ3v) is 3.41. The molecule has 0 spiro atoms. The monoisotopic (exact) mass is 195 g/mol. The van der Waals surface area contributed by atoms with Crippen LogP contribution in [0.4, 0.5) is 0 Å². The molecule has 2 heteroatoms. The van der Waals surface area contributed by atoms with E-state index in [1.807, 2.05) is 0 Å². The van der Waals surface area contributed by atoms with Gasteiger partial charge in [0.1, 0.15) is 0 Å². The summed E-state index contributed by atoms with van der Waals surface area (Å²) in [6.07, 6.45) is 10.5. The first kappa shape index (κ1) is 10.2. The van der Waals surface area contributed by atoms with Crippen molar-refractivity contribution in [2.45, 2.75) is 50.7 Å². The molecule has 0 aromatic heterocycles. The van der Waals surface area contributed by atoms with Crippen molar-refractivity contribution in [3.63, 3.8) is 0 Å². The Morgan fingerprint density at radius 1 is 1.50 bits per heavy atom. The largest absolute Gasteiger partial charge is 0.387 e. The Morgan fingerprint density at radius 2 is 2.29 bits per heavy atom. The van der Waals surface area contributed by atoms with Crippen molar-refractivity contribution < 1.29 is 5.11 Å². The SMILES string of the molecule is CCCC1(O)CN(C2C=CCCC2)C1. The minimum absolute atomic E-state index is 0.361. The van der Waals surface area contributed by atoms with E-state index in [1.165, 1.54) is 19.3 Å². The van der Waals surface area contributed by atoms with E-state index >= 15 is 0 Å². The van der Waals surface area contributed by atoms with E-state index in [0.29, 0.717) is 6.04 Å². The van der Waals surface area contributed by atoms with Gasteiger partial charge >= 0.3 is 0 Å². The number of β-amino-alcohol motifs (C(OH)–C–C–N with tert-alkyl or cyclic N) is 1. The van der Waals surface area contributed by atoms with Gasteiger partial charge in [-0.15, -0.1) is 0 Å². The number of hydrogen-bond donors (Lipinski definition) is 1. The van der Waals surface area contributed by atoms with E-state index in [0.717, 1.165) is 25.9 Å². The molecule has 0 bridgehead atoms. The number of rotatable bonds is 3. The molecule has 1 N–H and O–H groups in total. The molecule has 0 aromatic rings. The zero-order valence-electron chi connectivity index (χ0n) is 9.08. The summed E-state index contributed by atoms with van der Waals surface area (Å²) in [5.41, 5.74) is -0.361. The quantitative estimate of drug-likeness (QED) is 0.696. The van der Waals surface area contributed by atoms with Gasteiger partial charge in [0.25, 0.3) is 0 Å². The fourth-order valence-electron chi connectivity index (χ4n) is 2.67. The van der Waals surface area contributed by atoms with Crippen molar-refractivity contribution in [1.29, 1.82) is 0 Å². The first-order chi connectivity index (χ1) is 6.73. The van der Waals surface area contributed by atoms with Crippen LogP contribution >= 0.6 is 0 Å². The highest BCUT2D eigenvalue weighted by molar-refractivity contribution is 5.06. The molecule has 2 aliphatic rings. The van der Waals surface area contributed by atoms with Crippen LogP contribution in [-0.2, 0) is 0 Å². The Kier molecular flexibility index (Phi) is 2.93. The fourth-order valence-corrected chi connectivity index (χ4v) is 2.67. The number of hydrogen-bond acceptors (Lipinski definition) is 2. The summed E-state index contributed by atoms with van der Waals surface area (Å²) in [5.74, 6) is 0. The minimum atomic E-state index is -0.361. The molecule has 0 aromatic carbocycles. The van der Waals surface area contributed by atoms with Crippen molar-refractivity contribution in [1.82, 2.24) is 4.90 Å². The molecule has 1 heterocycles. The van der Waals surface area contributed by atoms with Gasteiger partial charge in [0, 0.05) is 19.1 Å². The van der Waals surface area contributed by atoms with Crippen LogP contribution in [0.3, 0.4) is 0 Å². The van der Waals surface area contributed by atoms with Crippen LogP contribution in [0.5, 0.6) is 0 Å². The summed E-state index contributed by atoms with van der Waals surface area (Å²) < 4.78 is 0. The molecule has 2 nitrogen and oxygen atoms in total. The van der Waals surface area contributed by atoms with Crippen LogP contribution in [0.15, 0.2) is 12.2 Å². The van der Waals surface area contributed by atoms with Crippen molar-refractivity contribution in [3.05, 3.63) is 12.2 Å². The lowest BCUT2D eigenvalue weighted by atomic mass is 9.86. The lowest BCUT2D eigenvalue weighted by molar-refractivity contribution is -0.114. The van der Waals surface area contributed by atoms with Crippen LogP contribution in [0.25, 0.3) is 0 Å². The minimum Gasteiger partial charge on any atom is -0.387 e. The van der Waals surface area contributed by atoms with Crippen LogP contribution in [0, 0.1) is 0 Å². The Morgan fingerprint density at radius 3 is 2.86 bits per heavy atom. The Balaban J connectivity index is 1.81. The molecule has 14 heavy (non-hydrogen) atoms. The second-order valence-corrected chi connectivity index (χ2v) is 4.81. The fraction of sp³-hybridized carbons (Fsp3) is 0.833. The van der Waals surface area contributed by atoms with E-state index in [1.54, 1.807) is 0 Å². The normalized spacial score (nSPS) is 31.4. The lowest BCUT2D eigenvalue weighted by Gasteiger charge is -2.50. The maximum Gasteiger partial charge on any atom is 0.0900 e. The van der Waals surface area contributed by atoms with Crippen molar-refractivity contribution in [2.24, 2.45) is 0 Å². The number of aliphatic hydroxyl groups is 1. The van der Waals surface area contributed by atoms with Gasteiger partial charge < -0.3 is 5.11 Å². The van der Waals surface area contributed by atoms with Gasteiger partial charge in [-0.05, 0) is 25.7 Å². The topological polar surface area (TPSA) is 23.5 Å². The Labute approximate surface area is 86.6 Å².